The third kappa shape index (κ3) is 4.49. The summed E-state index contributed by atoms with van der Waals surface area (Å²) in [6, 6.07) is 4.81. The van der Waals surface area contributed by atoms with Crippen LogP contribution in [0.5, 0.6) is 5.75 Å². The Balaban J connectivity index is 2.75. The van der Waals surface area contributed by atoms with Gasteiger partial charge >= 0.3 is 5.97 Å². The maximum absolute atomic E-state index is 14.0. The molecule has 0 aliphatic heterocycles. The van der Waals surface area contributed by atoms with E-state index in [1.807, 2.05) is 6.92 Å². The second-order valence-electron chi connectivity index (χ2n) is 4.65. The number of nitrogens with one attached hydrogen (secondary N) is 1. The Morgan fingerprint density at radius 1 is 1.40 bits per heavy atom. The molecule has 0 spiro atoms. The summed E-state index contributed by atoms with van der Waals surface area (Å²) in [7, 11) is 1.27. The first kappa shape index (κ1) is 16.4. The molecule has 2 atom stereocenters. The van der Waals surface area contributed by atoms with Crippen molar-refractivity contribution in [3.63, 3.8) is 0 Å². The second kappa shape index (κ2) is 7.85. The molecule has 2 unspecified atom stereocenters. The van der Waals surface area contributed by atoms with E-state index in [4.69, 9.17) is 4.74 Å². The average Bonchev–Trinajstić information content (AvgIpc) is 2.45. The molecule has 0 fully saturated rings. The van der Waals surface area contributed by atoms with Crippen molar-refractivity contribution in [3.05, 3.63) is 29.6 Å². The SMILES string of the molecule is CCCNC(C)c1ccc(OC(C)C(=O)OC)c(F)c1. The Kier molecular flexibility index (Phi) is 6.45. The van der Waals surface area contributed by atoms with Crippen molar-refractivity contribution in [1.82, 2.24) is 5.32 Å². The number of ether oxygens (including phenoxy) is 2. The Labute approximate surface area is 119 Å². The van der Waals surface area contributed by atoms with Gasteiger partial charge in [0.25, 0.3) is 0 Å². The first-order chi connectivity index (χ1) is 9.49. The van der Waals surface area contributed by atoms with Gasteiger partial charge in [-0.15, -0.1) is 0 Å². The van der Waals surface area contributed by atoms with Gasteiger partial charge in [0.2, 0.25) is 0 Å². The molecule has 0 aromatic heterocycles. The summed E-state index contributed by atoms with van der Waals surface area (Å²) in [5.41, 5.74) is 0.842. The molecular formula is C15H22FNO3. The first-order valence-corrected chi connectivity index (χ1v) is 6.76. The van der Waals surface area contributed by atoms with Gasteiger partial charge in [-0.1, -0.05) is 13.0 Å². The van der Waals surface area contributed by atoms with Crippen LogP contribution in [-0.2, 0) is 9.53 Å². The van der Waals surface area contributed by atoms with E-state index < -0.39 is 17.9 Å². The molecule has 0 radical (unpaired) electrons. The van der Waals surface area contributed by atoms with Crippen LogP contribution in [0, 0.1) is 5.82 Å². The number of methoxy groups -OCH3 is 1. The Morgan fingerprint density at radius 3 is 2.65 bits per heavy atom. The van der Waals surface area contributed by atoms with Crippen LogP contribution in [0.25, 0.3) is 0 Å². The third-order valence-electron chi connectivity index (χ3n) is 2.99. The minimum Gasteiger partial charge on any atom is -0.476 e. The molecule has 1 aromatic carbocycles. The summed E-state index contributed by atoms with van der Waals surface area (Å²) in [5.74, 6) is -0.968. The highest BCUT2D eigenvalue weighted by molar-refractivity contribution is 5.74. The lowest BCUT2D eigenvalue weighted by atomic mass is 10.1. The lowest BCUT2D eigenvalue weighted by Gasteiger charge is -2.16. The number of rotatable bonds is 7. The standard InChI is InChI=1S/C15H22FNO3/c1-5-8-17-10(2)12-6-7-14(13(16)9-12)20-11(3)15(18)19-4/h6-7,9-11,17H,5,8H2,1-4H3. The van der Waals surface area contributed by atoms with E-state index >= 15 is 0 Å². The highest BCUT2D eigenvalue weighted by atomic mass is 19.1. The maximum atomic E-state index is 14.0. The molecule has 1 aromatic rings. The van der Waals surface area contributed by atoms with E-state index in [1.54, 1.807) is 6.07 Å². The molecule has 0 saturated heterocycles. The van der Waals surface area contributed by atoms with Crippen LogP contribution >= 0.6 is 0 Å². The van der Waals surface area contributed by atoms with Crippen molar-refractivity contribution in [3.8, 4) is 5.75 Å². The van der Waals surface area contributed by atoms with Crippen molar-refractivity contribution >= 4 is 5.97 Å². The van der Waals surface area contributed by atoms with Crippen molar-refractivity contribution in [2.75, 3.05) is 13.7 Å². The Hall–Kier alpha value is -1.62. The van der Waals surface area contributed by atoms with Crippen LogP contribution in [0.1, 0.15) is 38.8 Å². The summed E-state index contributed by atoms with van der Waals surface area (Å²) in [4.78, 5) is 11.2. The smallest absolute Gasteiger partial charge is 0.346 e. The van der Waals surface area contributed by atoms with Crippen molar-refractivity contribution < 1.29 is 18.7 Å². The molecule has 5 heteroatoms. The van der Waals surface area contributed by atoms with E-state index in [2.05, 4.69) is 17.0 Å². The number of hydrogen-bond donors (Lipinski definition) is 1. The topological polar surface area (TPSA) is 47.6 Å². The largest absolute Gasteiger partial charge is 0.476 e. The first-order valence-electron chi connectivity index (χ1n) is 6.76. The number of esters is 1. The quantitative estimate of drug-likeness (QED) is 0.782. The van der Waals surface area contributed by atoms with Crippen LogP contribution in [-0.4, -0.2) is 25.7 Å². The van der Waals surface area contributed by atoms with Crippen molar-refractivity contribution in [2.24, 2.45) is 0 Å². The van der Waals surface area contributed by atoms with Gasteiger partial charge in [-0.2, -0.15) is 0 Å². The fraction of sp³-hybridized carbons (Fsp3) is 0.533. The normalized spacial score (nSPS) is 13.7. The predicted octanol–water partition coefficient (Wildman–Crippen LogP) is 2.83. The molecule has 0 aliphatic carbocycles. The molecule has 0 aliphatic rings. The van der Waals surface area contributed by atoms with E-state index in [1.165, 1.54) is 26.2 Å². The Bertz CT molecular complexity index is 451. The monoisotopic (exact) mass is 283 g/mol. The average molecular weight is 283 g/mol. The molecule has 20 heavy (non-hydrogen) atoms. The predicted molar refractivity (Wildman–Crippen MR) is 75.2 cm³/mol. The van der Waals surface area contributed by atoms with E-state index in [-0.39, 0.29) is 11.8 Å². The highest BCUT2D eigenvalue weighted by Crippen LogP contribution is 2.23. The van der Waals surface area contributed by atoms with Gasteiger partial charge in [0.1, 0.15) is 0 Å². The summed E-state index contributed by atoms with van der Waals surface area (Å²) in [5, 5.41) is 3.28. The van der Waals surface area contributed by atoms with Crippen LogP contribution in [0.3, 0.4) is 0 Å². The van der Waals surface area contributed by atoms with Crippen molar-refractivity contribution in [1.29, 1.82) is 0 Å². The minimum atomic E-state index is -0.837. The van der Waals surface area contributed by atoms with E-state index in [0.717, 1.165) is 18.5 Å². The highest BCUT2D eigenvalue weighted by Gasteiger charge is 2.17. The van der Waals surface area contributed by atoms with E-state index in [9.17, 15) is 9.18 Å². The van der Waals surface area contributed by atoms with Crippen LogP contribution in [0.15, 0.2) is 18.2 Å². The molecule has 0 saturated carbocycles. The van der Waals surface area contributed by atoms with Gasteiger partial charge in [-0.05, 0) is 44.5 Å². The molecule has 1 rings (SSSR count). The molecular weight excluding hydrogens is 261 g/mol. The molecule has 0 amide bonds. The van der Waals surface area contributed by atoms with Crippen molar-refractivity contribution in [2.45, 2.75) is 39.3 Å². The lowest BCUT2D eigenvalue weighted by molar-refractivity contribution is -0.148. The number of halogens is 1. The van der Waals surface area contributed by atoms with Gasteiger partial charge in [0, 0.05) is 6.04 Å². The summed E-state index contributed by atoms with van der Waals surface area (Å²) < 4.78 is 23.7. The summed E-state index contributed by atoms with van der Waals surface area (Å²) in [6.45, 7) is 6.44. The Morgan fingerprint density at radius 2 is 2.10 bits per heavy atom. The van der Waals surface area contributed by atoms with Crippen LogP contribution in [0.4, 0.5) is 4.39 Å². The molecule has 1 N–H and O–H groups in total. The second-order valence-corrected chi connectivity index (χ2v) is 4.65. The molecule has 0 bridgehead atoms. The van der Waals surface area contributed by atoms with Gasteiger partial charge in [-0.3, -0.25) is 0 Å². The van der Waals surface area contributed by atoms with Gasteiger partial charge in [0.05, 0.1) is 7.11 Å². The molecule has 0 heterocycles. The van der Waals surface area contributed by atoms with E-state index in [0.29, 0.717) is 0 Å². The third-order valence-corrected chi connectivity index (χ3v) is 2.99. The number of hydrogen-bond acceptors (Lipinski definition) is 4. The summed E-state index contributed by atoms with van der Waals surface area (Å²) in [6.07, 6.45) is 0.181. The number of carbonyl (C=O) groups excluding carboxylic acids is 1. The van der Waals surface area contributed by atoms with Gasteiger partial charge in [-0.25, -0.2) is 9.18 Å². The number of benzene rings is 1. The summed E-state index contributed by atoms with van der Waals surface area (Å²) >= 11 is 0. The zero-order valence-corrected chi connectivity index (χ0v) is 12.4. The van der Waals surface area contributed by atoms with Gasteiger partial charge < -0.3 is 14.8 Å². The lowest BCUT2D eigenvalue weighted by Crippen LogP contribution is -2.25. The van der Waals surface area contributed by atoms with Gasteiger partial charge in [0.15, 0.2) is 17.7 Å². The zero-order valence-electron chi connectivity index (χ0n) is 12.4. The zero-order chi connectivity index (χ0) is 15.1. The fourth-order valence-corrected chi connectivity index (χ4v) is 1.77. The van der Waals surface area contributed by atoms with Crippen LogP contribution < -0.4 is 10.1 Å². The number of carbonyl (C=O) groups is 1. The molecule has 112 valence electrons. The maximum Gasteiger partial charge on any atom is 0.346 e. The molecule has 4 nitrogen and oxygen atoms in total. The van der Waals surface area contributed by atoms with Crippen LogP contribution in [0.2, 0.25) is 0 Å². The minimum absolute atomic E-state index is 0.0503. The fourth-order valence-electron chi connectivity index (χ4n) is 1.77.